The predicted molar refractivity (Wildman–Crippen MR) is 91.2 cm³/mol. The van der Waals surface area contributed by atoms with Gasteiger partial charge in [-0.25, -0.2) is 0 Å². The van der Waals surface area contributed by atoms with Gasteiger partial charge in [-0.15, -0.1) is 0 Å². The number of aryl methyl sites for hydroxylation is 1. The van der Waals surface area contributed by atoms with Gasteiger partial charge in [-0.2, -0.15) is 0 Å². The Hall–Kier alpha value is -1.48. The summed E-state index contributed by atoms with van der Waals surface area (Å²) in [7, 11) is 2.10. The number of hydrogen-bond donors (Lipinski definition) is 1. The lowest BCUT2D eigenvalue weighted by Gasteiger charge is -2.21. The number of hydrogen-bond acceptors (Lipinski definition) is 2. The lowest BCUT2D eigenvalue weighted by Crippen LogP contribution is -2.19. The Labute approximate surface area is 129 Å². The maximum atomic E-state index is 6.05. The summed E-state index contributed by atoms with van der Waals surface area (Å²) in [6.07, 6.45) is 3.51. The molecule has 0 aliphatic heterocycles. The van der Waals surface area contributed by atoms with Crippen molar-refractivity contribution >= 4 is 27.3 Å². The largest absolute Gasteiger partial charge is 0.397 e. The van der Waals surface area contributed by atoms with Gasteiger partial charge in [-0.1, -0.05) is 46.3 Å². The highest BCUT2D eigenvalue weighted by atomic mass is 79.9. The molecule has 0 aliphatic rings. The van der Waals surface area contributed by atoms with Crippen molar-refractivity contribution in [1.29, 1.82) is 0 Å². The van der Waals surface area contributed by atoms with Gasteiger partial charge in [0.1, 0.15) is 0 Å². The molecule has 2 aromatic rings. The van der Waals surface area contributed by atoms with Crippen molar-refractivity contribution in [3.8, 4) is 0 Å². The number of benzene rings is 2. The molecule has 0 saturated heterocycles. The summed E-state index contributed by atoms with van der Waals surface area (Å²) < 4.78 is 1.02. The van der Waals surface area contributed by atoms with Gasteiger partial charge in [0.2, 0.25) is 0 Å². The Morgan fingerprint density at radius 3 is 2.50 bits per heavy atom. The second-order valence-electron chi connectivity index (χ2n) is 5.07. The van der Waals surface area contributed by atoms with Crippen molar-refractivity contribution in [2.24, 2.45) is 0 Å². The molecule has 3 heteroatoms. The van der Waals surface area contributed by atoms with Crippen LogP contribution in [0.25, 0.3) is 0 Å². The Morgan fingerprint density at radius 1 is 1.05 bits per heavy atom. The first-order valence-corrected chi connectivity index (χ1v) is 7.76. The van der Waals surface area contributed by atoms with E-state index in [9.17, 15) is 0 Å². The van der Waals surface area contributed by atoms with Crippen LogP contribution in [0, 0.1) is 0 Å². The quantitative estimate of drug-likeness (QED) is 0.623. The molecule has 106 valence electrons. The number of halogens is 1. The molecule has 0 spiro atoms. The molecule has 0 radical (unpaired) electrons. The Kier molecular flexibility index (Phi) is 5.48. The zero-order valence-electron chi connectivity index (χ0n) is 11.8. The van der Waals surface area contributed by atoms with E-state index >= 15 is 0 Å². The van der Waals surface area contributed by atoms with E-state index < -0.39 is 0 Å². The van der Waals surface area contributed by atoms with Gasteiger partial charge in [-0.05, 0) is 43.0 Å². The third kappa shape index (κ3) is 4.27. The summed E-state index contributed by atoms with van der Waals surface area (Å²) in [6, 6.07) is 16.7. The second kappa shape index (κ2) is 7.34. The van der Waals surface area contributed by atoms with E-state index in [2.05, 4.69) is 64.3 Å². The fourth-order valence-electron chi connectivity index (χ4n) is 2.32. The Balaban J connectivity index is 1.79. The molecule has 2 nitrogen and oxygen atoms in total. The third-order valence-electron chi connectivity index (χ3n) is 3.45. The molecule has 20 heavy (non-hydrogen) atoms. The van der Waals surface area contributed by atoms with Crippen LogP contribution in [-0.4, -0.2) is 13.6 Å². The SMILES string of the molecule is CN(CCCCc1ccccc1)c1ccc(Br)cc1N. The Morgan fingerprint density at radius 2 is 1.80 bits per heavy atom. The first kappa shape index (κ1) is 14.9. The Bertz CT molecular complexity index is 540. The maximum absolute atomic E-state index is 6.05. The van der Waals surface area contributed by atoms with Crippen LogP contribution in [-0.2, 0) is 6.42 Å². The van der Waals surface area contributed by atoms with Gasteiger partial charge in [-0.3, -0.25) is 0 Å². The lowest BCUT2D eigenvalue weighted by atomic mass is 10.1. The first-order valence-electron chi connectivity index (χ1n) is 6.97. The highest BCUT2D eigenvalue weighted by Gasteiger charge is 2.05. The summed E-state index contributed by atoms with van der Waals surface area (Å²) in [5.74, 6) is 0. The van der Waals surface area contributed by atoms with E-state index in [0.29, 0.717) is 0 Å². The molecule has 0 heterocycles. The standard InChI is InChI=1S/C17H21BrN2/c1-20(17-11-10-15(18)13-16(17)19)12-6-5-9-14-7-3-2-4-8-14/h2-4,7-8,10-11,13H,5-6,9,12,19H2,1H3. The highest BCUT2D eigenvalue weighted by Crippen LogP contribution is 2.26. The summed E-state index contributed by atoms with van der Waals surface area (Å²) in [4.78, 5) is 2.23. The zero-order chi connectivity index (χ0) is 14.4. The van der Waals surface area contributed by atoms with E-state index in [1.165, 1.54) is 18.4 Å². The molecule has 0 aromatic heterocycles. The number of nitrogens with two attached hydrogens (primary N) is 1. The van der Waals surface area contributed by atoms with Crippen LogP contribution in [0.4, 0.5) is 11.4 Å². The highest BCUT2D eigenvalue weighted by molar-refractivity contribution is 9.10. The zero-order valence-corrected chi connectivity index (χ0v) is 13.4. The predicted octanol–water partition coefficient (Wildman–Crippen LogP) is 4.49. The number of anilines is 2. The maximum Gasteiger partial charge on any atom is 0.0598 e. The average molecular weight is 333 g/mol. The van der Waals surface area contributed by atoms with Crippen molar-refractivity contribution in [3.63, 3.8) is 0 Å². The normalized spacial score (nSPS) is 10.5. The molecule has 0 unspecified atom stereocenters. The topological polar surface area (TPSA) is 29.3 Å². The van der Waals surface area contributed by atoms with Gasteiger partial charge >= 0.3 is 0 Å². The monoisotopic (exact) mass is 332 g/mol. The van der Waals surface area contributed by atoms with Crippen LogP contribution < -0.4 is 10.6 Å². The summed E-state index contributed by atoms with van der Waals surface area (Å²) in [6.45, 7) is 1.03. The summed E-state index contributed by atoms with van der Waals surface area (Å²) >= 11 is 3.44. The number of nitrogens with zero attached hydrogens (tertiary/aromatic N) is 1. The summed E-state index contributed by atoms with van der Waals surface area (Å²) in [5, 5.41) is 0. The molecular formula is C17H21BrN2. The average Bonchev–Trinajstić information content (AvgIpc) is 2.44. The van der Waals surface area contributed by atoms with Gasteiger partial charge in [0.05, 0.1) is 11.4 Å². The van der Waals surface area contributed by atoms with Crippen molar-refractivity contribution in [3.05, 3.63) is 58.6 Å². The second-order valence-corrected chi connectivity index (χ2v) is 5.98. The van der Waals surface area contributed by atoms with Gasteiger partial charge in [0.25, 0.3) is 0 Å². The van der Waals surface area contributed by atoms with Crippen LogP contribution in [0.15, 0.2) is 53.0 Å². The summed E-state index contributed by atoms with van der Waals surface area (Å²) in [5.41, 5.74) is 9.39. The fourth-order valence-corrected chi connectivity index (χ4v) is 2.70. The molecular weight excluding hydrogens is 312 g/mol. The number of nitrogen functional groups attached to an aromatic ring is 1. The molecule has 0 amide bonds. The van der Waals surface area contributed by atoms with E-state index in [1.54, 1.807) is 0 Å². The van der Waals surface area contributed by atoms with Crippen LogP contribution in [0.1, 0.15) is 18.4 Å². The van der Waals surface area contributed by atoms with Crippen LogP contribution in [0.3, 0.4) is 0 Å². The lowest BCUT2D eigenvalue weighted by molar-refractivity contribution is 0.720. The fraction of sp³-hybridized carbons (Fsp3) is 0.294. The molecule has 2 N–H and O–H groups in total. The van der Waals surface area contributed by atoms with Crippen molar-refractivity contribution in [1.82, 2.24) is 0 Å². The third-order valence-corrected chi connectivity index (χ3v) is 3.95. The van der Waals surface area contributed by atoms with Crippen LogP contribution in [0.2, 0.25) is 0 Å². The molecule has 0 atom stereocenters. The minimum Gasteiger partial charge on any atom is -0.397 e. The molecule has 0 saturated carbocycles. The minimum absolute atomic E-state index is 0.824. The van der Waals surface area contributed by atoms with Crippen molar-refractivity contribution in [2.75, 3.05) is 24.2 Å². The van der Waals surface area contributed by atoms with E-state index in [1.807, 2.05) is 12.1 Å². The molecule has 0 bridgehead atoms. The molecule has 2 aromatic carbocycles. The van der Waals surface area contributed by atoms with Crippen molar-refractivity contribution < 1.29 is 0 Å². The van der Waals surface area contributed by atoms with Crippen LogP contribution >= 0.6 is 15.9 Å². The molecule has 0 fully saturated rings. The van der Waals surface area contributed by atoms with Gasteiger partial charge in [0.15, 0.2) is 0 Å². The van der Waals surface area contributed by atoms with Crippen molar-refractivity contribution in [2.45, 2.75) is 19.3 Å². The molecule has 0 aliphatic carbocycles. The van der Waals surface area contributed by atoms with Crippen LogP contribution in [0.5, 0.6) is 0 Å². The smallest absolute Gasteiger partial charge is 0.0598 e. The van der Waals surface area contributed by atoms with E-state index in [4.69, 9.17) is 5.73 Å². The van der Waals surface area contributed by atoms with Gasteiger partial charge in [0, 0.05) is 18.1 Å². The van der Waals surface area contributed by atoms with Gasteiger partial charge < -0.3 is 10.6 Å². The van der Waals surface area contributed by atoms with E-state index in [0.717, 1.165) is 28.8 Å². The first-order chi connectivity index (χ1) is 9.66. The number of unbranched alkanes of at least 4 members (excludes halogenated alkanes) is 1. The minimum atomic E-state index is 0.824. The molecule has 2 rings (SSSR count). The van der Waals surface area contributed by atoms with E-state index in [-0.39, 0.29) is 0 Å². The number of rotatable bonds is 6.